The zero-order valence-electron chi connectivity index (χ0n) is 62.7. The third-order valence-corrected chi connectivity index (χ3v) is 19.9. The number of unbranched alkanes of at least 4 members (excludes halogenated alkanes) is 46. The molecule has 570 valence electrons. The molecule has 0 aromatic heterocycles. The largest absolute Gasteiger partial charge is 0.472 e. The van der Waals surface area contributed by atoms with Gasteiger partial charge in [0, 0.05) is 25.7 Å². The maximum Gasteiger partial charge on any atom is 0.472 e. The molecule has 0 heterocycles. The van der Waals surface area contributed by atoms with Crippen molar-refractivity contribution >= 4 is 39.5 Å². The molecule has 5 atom stereocenters. The number of ether oxygens (including phenoxy) is 4. The van der Waals surface area contributed by atoms with Crippen LogP contribution in [0.3, 0.4) is 0 Å². The first-order valence-corrected chi connectivity index (χ1v) is 43.0. The molecule has 0 rings (SSSR count). The van der Waals surface area contributed by atoms with Crippen molar-refractivity contribution < 1.29 is 80.2 Å². The summed E-state index contributed by atoms with van der Waals surface area (Å²) in [6.45, 7) is 9.62. The van der Waals surface area contributed by atoms with E-state index in [4.69, 9.17) is 37.0 Å². The third-order valence-electron chi connectivity index (χ3n) is 18.0. The number of aliphatic hydroxyl groups excluding tert-OH is 1. The van der Waals surface area contributed by atoms with Gasteiger partial charge in [0.2, 0.25) is 0 Å². The summed E-state index contributed by atoms with van der Waals surface area (Å²) in [5.74, 6) is -0.523. The second-order valence-electron chi connectivity index (χ2n) is 28.7. The Labute approximate surface area is 588 Å². The first-order valence-electron chi connectivity index (χ1n) is 40.0. The number of rotatable bonds is 76. The number of esters is 4. The Morgan fingerprint density at radius 2 is 0.479 bits per heavy atom. The molecule has 0 aliphatic rings. The number of aliphatic hydroxyl groups is 1. The Hall–Kier alpha value is -1.94. The number of phosphoric ester groups is 2. The normalized spacial score (nSPS) is 14.0. The fraction of sp³-hybridized carbons (Fsp3) is 0.948. The van der Waals surface area contributed by atoms with Crippen LogP contribution in [0.4, 0.5) is 0 Å². The maximum absolute atomic E-state index is 13.1. The first-order chi connectivity index (χ1) is 46.4. The summed E-state index contributed by atoms with van der Waals surface area (Å²) >= 11 is 0. The van der Waals surface area contributed by atoms with Crippen molar-refractivity contribution in [3.05, 3.63) is 0 Å². The molecule has 0 bridgehead atoms. The summed E-state index contributed by atoms with van der Waals surface area (Å²) in [5.41, 5.74) is 0. The summed E-state index contributed by atoms with van der Waals surface area (Å²) in [7, 11) is -9.91. The zero-order chi connectivity index (χ0) is 70.7. The number of phosphoric acid groups is 2. The van der Waals surface area contributed by atoms with E-state index in [1.807, 2.05) is 0 Å². The molecule has 0 aromatic rings. The van der Waals surface area contributed by atoms with Gasteiger partial charge >= 0.3 is 39.5 Å². The van der Waals surface area contributed by atoms with E-state index in [2.05, 4.69) is 41.5 Å². The maximum atomic E-state index is 13.1. The standard InChI is InChI=1S/C77H150O17P2/c1-7-9-11-13-15-16-17-18-19-27-32-37-43-49-55-61-76(81)93-72(65-87-74(79)59-53-47-39-14-12-10-8-2)67-91-95(83,84)89-63-71(78)64-90-96(85,86)92-68-73(94-77(82)62-56-50-44-38-33-28-23-21-25-30-35-41-46-52-58-70(5)6)66-88-75(80)60-54-48-42-36-31-26-22-20-24-29-34-40-45-51-57-69(3)4/h69-73,78H,7-68H2,1-6H3,(H,83,84)(H,85,86)/t71-,72+,73+/m0/s1. The summed E-state index contributed by atoms with van der Waals surface area (Å²) < 4.78 is 68.5. The van der Waals surface area contributed by atoms with Gasteiger partial charge in [-0.2, -0.15) is 0 Å². The summed E-state index contributed by atoms with van der Waals surface area (Å²) in [6.07, 6.45) is 56.9. The monoisotopic (exact) mass is 1410 g/mol. The smallest absolute Gasteiger partial charge is 0.462 e. The van der Waals surface area contributed by atoms with Crippen molar-refractivity contribution in [3.8, 4) is 0 Å². The highest BCUT2D eigenvalue weighted by atomic mass is 31.2. The second kappa shape index (κ2) is 68.8. The van der Waals surface area contributed by atoms with Crippen LogP contribution in [0.15, 0.2) is 0 Å². The molecule has 19 heteroatoms. The van der Waals surface area contributed by atoms with Crippen LogP contribution >= 0.6 is 15.6 Å². The Kier molecular flexibility index (Phi) is 67.4. The van der Waals surface area contributed by atoms with Crippen molar-refractivity contribution in [2.45, 2.75) is 419 Å². The highest BCUT2D eigenvalue weighted by Gasteiger charge is 2.30. The van der Waals surface area contributed by atoms with Crippen molar-refractivity contribution in [1.82, 2.24) is 0 Å². The van der Waals surface area contributed by atoms with E-state index >= 15 is 0 Å². The molecular weight excluding hydrogens is 1260 g/mol. The summed E-state index contributed by atoms with van der Waals surface area (Å²) in [6, 6.07) is 0. The molecule has 2 unspecified atom stereocenters. The fourth-order valence-electron chi connectivity index (χ4n) is 11.8. The van der Waals surface area contributed by atoms with Gasteiger partial charge in [-0.05, 0) is 37.5 Å². The van der Waals surface area contributed by atoms with Gasteiger partial charge in [0.25, 0.3) is 0 Å². The average Bonchev–Trinajstić information content (AvgIpc) is 2.14. The molecule has 0 amide bonds. The predicted molar refractivity (Wildman–Crippen MR) is 391 cm³/mol. The Morgan fingerprint density at radius 1 is 0.281 bits per heavy atom. The predicted octanol–water partition coefficient (Wildman–Crippen LogP) is 22.7. The second-order valence-corrected chi connectivity index (χ2v) is 31.6. The minimum absolute atomic E-state index is 0.108. The molecule has 0 aliphatic carbocycles. The van der Waals surface area contributed by atoms with Crippen LogP contribution in [-0.2, 0) is 65.4 Å². The highest BCUT2D eigenvalue weighted by molar-refractivity contribution is 7.47. The van der Waals surface area contributed by atoms with Gasteiger partial charge in [-0.3, -0.25) is 37.3 Å². The SMILES string of the molecule is CCCCCCCCCCCCCCCCCC(=O)O[C@H](COC(=O)CCCCCCCCC)COP(=O)(O)OC[C@H](O)COP(=O)(O)OC[C@@H](COC(=O)CCCCCCCCCCCCCCCCC(C)C)OC(=O)CCCCCCCCCCCCCCCCC(C)C. The van der Waals surface area contributed by atoms with Crippen LogP contribution in [-0.4, -0.2) is 96.7 Å². The molecule has 0 spiro atoms. The lowest BCUT2D eigenvalue weighted by Crippen LogP contribution is -2.30. The molecule has 17 nitrogen and oxygen atoms in total. The molecule has 3 N–H and O–H groups in total. The van der Waals surface area contributed by atoms with E-state index in [-0.39, 0.29) is 25.7 Å². The Morgan fingerprint density at radius 3 is 0.708 bits per heavy atom. The lowest BCUT2D eigenvalue weighted by molar-refractivity contribution is -0.161. The van der Waals surface area contributed by atoms with Crippen LogP contribution in [0.25, 0.3) is 0 Å². The lowest BCUT2D eigenvalue weighted by Gasteiger charge is -2.21. The average molecular weight is 1410 g/mol. The zero-order valence-corrected chi connectivity index (χ0v) is 64.5. The van der Waals surface area contributed by atoms with Gasteiger partial charge < -0.3 is 33.8 Å². The quantitative estimate of drug-likeness (QED) is 0.0222. The van der Waals surface area contributed by atoms with Gasteiger partial charge in [-0.15, -0.1) is 0 Å². The molecule has 0 aliphatic heterocycles. The van der Waals surface area contributed by atoms with E-state index in [1.165, 1.54) is 205 Å². The highest BCUT2D eigenvalue weighted by Crippen LogP contribution is 2.45. The number of carbonyl (C=O) groups is 4. The minimum Gasteiger partial charge on any atom is -0.462 e. The number of carbonyl (C=O) groups excluding carboxylic acids is 4. The summed E-state index contributed by atoms with van der Waals surface area (Å²) in [5, 5.41) is 10.6. The van der Waals surface area contributed by atoms with Crippen LogP contribution < -0.4 is 0 Å². The van der Waals surface area contributed by atoms with Crippen molar-refractivity contribution in [3.63, 3.8) is 0 Å². The Balaban J connectivity index is 5.19. The first kappa shape index (κ1) is 94.1. The van der Waals surface area contributed by atoms with E-state index < -0.39 is 97.5 Å². The van der Waals surface area contributed by atoms with Gasteiger partial charge in [0.1, 0.15) is 19.3 Å². The van der Waals surface area contributed by atoms with E-state index in [9.17, 15) is 43.2 Å². The molecule has 0 saturated heterocycles. The number of hydrogen-bond donors (Lipinski definition) is 3. The van der Waals surface area contributed by atoms with Crippen molar-refractivity contribution in [2.75, 3.05) is 39.6 Å². The molecule has 0 aromatic carbocycles. The van der Waals surface area contributed by atoms with E-state index in [0.29, 0.717) is 25.7 Å². The van der Waals surface area contributed by atoms with Crippen LogP contribution in [0.2, 0.25) is 0 Å². The van der Waals surface area contributed by atoms with Gasteiger partial charge in [0.05, 0.1) is 26.4 Å². The molecule has 96 heavy (non-hydrogen) atoms. The summed E-state index contributed by atoms with van der Waals surface area (Å²) in [4.78, 5) is 72.7. The molecule has 0 radical (unpaired) electrons. The van der Waals surface area contributed by atoms with Gasteiger partial charge in [-0.25, -0.2) is 9.13 Å². The third kappa shape index (κ3) is 70.5. The van der Waals surface area contributed by atoms with Crippen molar-refractivity contribution in [2.24, 2.45) is 11.8 Å². The molecule has 0 fully saturated rings. The van der Waals surface area contributed by atoms with Gasteiger partial charge in [-0.1, -0.05) is 350 Å². The van der Waals surface area contributed by atoms with Crippen LogP contribution in [0, 0.1) is 11.8 Å². The Bertz CT molecular complexity index is 1860. The minimum atomic E-state index is -4.96. The number of hydrogen-bond acceptors (Lipinski definition) is 15. The lowest BCUT2D eigenvalue weighted by atomic mass is 10.0. The molecular formula is C77H150O17P2. The van der Waals surface area contributed by atoms with Crippen LogP contribution in [0.5, 0.6) is 0 Å². The topological polar surface area (TPSA) is 237 Å². The molecule has 0 saturated carbocycles. The van der Waals surface area contributed by atoms with Gasteiger partial charge in [0.15, 0.2) is 12.2 Å². The van der Waals surface area contributed by atoms with E-state index in [1.54, 1.807) is 0 Å². The van der Waals surface area contributed by atoms with Crippen LogP contribution in [0.1, 0.15) is 401 Å². The fourth-order valence-corrected chi connectivity index (χ4v) is 13.4. The van der Waals surface area contributed by atoms with E-state index in [0.717, 1.165) is 115 Å². The van der Waals surface area contributed by atoms with Crippen molar-refractivity contribution in [1.29, 1.82) is 0 Å².